The number of rotatable bonds is 2. The Labute approximate surface area is 126 Å². The summed E-state index contributed by atoms with van der Waals surface area (Å²) in [7, 11) is -2.78. The van der Waals surface area contributed by atoms with Crippen LogP contribution in [0.25, 0.3) is 0 Å². The zero-order valence-electron chi connectivity index (χ0n) is 12.4. The molecule has 0 bridgehead atoms. The molecule has 3 rings (SSSR count). The molecular weight excluding hydrogens is 288 g/mol. The van der Waals surface area contributed by atoms with E-state index in [2.05, 4.69) is 19.8 Å². The molecule has 0 aliphatic carbocycles. The molecule has 0 spiro atoms. The number of aryl methyl sites for hydroxylation is 1. The van der Waals surface area contributed by atoms with E-state index in [1.807, 2.05) is 13.0 Å². The van der Waals surface area contributed by atoms with Crippen LogP contribution in [0.2, 0.25) is 0 Å². The molecule has 1 aromatic heterocycles. The number of anilines is 1. The second-order valence-electron chi connectivity index (χ2n) is 5.90. The highest BCUT2D eigenvalue weighted by molar-refractivity contribution is 7.91. The molecule has 0 unspecified atom stereocenters. The van der Waals surface area contributed by atoms with Crippen LogP contribution in [0, 0.1) is 6.92 Å². The summed E-state index contributed by atoms with van der Waals surface area (Å²) in [5.74, 6) is 1.44. The quantitative estimate of drug-likeness (QED) is 0.792. The lowest BCUT2D eigenvalue weighted by Crippen LogP contribution is -2.50. The zero-order valence-corrected chi connectivity index (χ0v) is 13.2. The summed E-state index contributed by atoms with van der Waals surface area (Å²) >= 11 is 0. The van der Waals surface area contributed by atoms with Crippen LogP contribution < -0.4 is 4.90 Å². The second-order valence-corrected chi connectivity index (χ2v) is 8.21. The van der Waals surface area contributed by atoms with Crippen molar-refractivity contribution in [3.05, 3.63) is 18.0 Å². The van der Waals surface area contributed by atoms with Crippen molar-refractivity contribution in [2.75, 3.05) is 42.6 Å². The van der Waals surface area contributed by atoms with E-state index >= 15 is 0 Å². The number of piperidine rings is 1. The van der Waals surface area contributed by atoms with E-state index in [1.54, 1.807) is 6.20 Å². The Kier molecular flexibility index (Phi) is 4.12. The van der Waals surface area contributed by atoms with Gasteiger partial charge in [-0.3, -0.25) is 4.90 Å². The Hall–Kier alpha value is -1.21. The maximum absolute atomic E-state index is 11.5. The molecule has 7 heteroatoms. The molecule has 2 saturated heterocycles. The third-order valence-electron chi connectivity index (χ3n) is 4.42. The molecule has 2 fully saturated rings. The summed E-state index contributed by atoms with van der Waals surface area (Å²) < 4.78 is 23.0. The predicted octanol–water partition coefficient (Wildman–Crippen LogP) is 0.484. The summed E-state index contributed by atoms with van der Waals surface area (Å²) in [6.45, 7) is 5.24. The largest absolute Gasteiger partial charge is 0.341 e. The van der Waals surface area contributed by atoms with E-state index in [-0.39, 0.29) is 0 Å². The fourth-order valence-corrected chi connectivity index (χ4v) is 4.34. The van der Waals surface area contributed by atoms with Crippen LogP contribution >= 0.6 is 0 Å². The van der Waals surface area contributed by atoms with Crippen molar-refractivity contribution in [3.8, 4) is 0 Å². The molecule has 2 aliphatic heterocycles. The van der Waals surface area contributed by atoms with E-state index in [4.69, 9.17) is 0 Å². The first-order valence-corrected chi connectivity index (χ1v) is 9.35. The number of aromatic nitrogens is 2. The van der Waals surface area contributed by atoms with Gasteiger partial charge in [-0.25, -0.2) is 18.4 Å². The monoisotopic (exact) mass is 310 g/mol. The summed E-state index contributed by atoms with van der Waals surface area (Å²) in [5.41, 5.74) is 0.989. The molecule has 21 heavy (non-hydrogen) atoms. The molecule has 0 aromatic carbocycles. The van der Waals surface area contributed by atoms with Crippen LogP contribution in [0.5, 0.6) is 0 Å². The highest BCUT2D eigenvalue weighted by Gasteiger charge is 2.30. The Morgan fingerprint density at radius 1 is 1.14 bits per heavy atom. The minimum absolute atomic E-state index is 0.314. The van der Waals surface area contributed by atoms with Crippen LogP contribution in [0.3, 0.4) is 0 Å². The van der Waals surface area contributed by atoms with Gasteiger partial charge in [-0.1, -0.05) is 0 Å². The molecule has 3 heterocycles. The molecule has 0 saturated carbocycles. The summed E-state index contributed by atoms with van der Waals surface area (Å²) in [6.07, 6.45) is 3.91. The molecule has 2 aliphatic rings. The minimum Gasteiger partial charge on any atom is -0.341 e. The number of hydrogen-bond donors (Lipinski definition) is 0. The van der Waals surface area contributed by atoms with Gasteiger partial charge in [0.2, 0.25) is 5.95 Å². The molecule has 116 valence electrons. The third kappa shape index (κ3) is 3.52. The molecule has 0 radical (unpaired) electrons. The van der Waals surface area contributed by atoms with E-state index in [0.29, 0.717) is 30.6 Å². The maximum atomic E-state index is 11.5. The van der Waals surface area contributed by atoms with Crippen molar-refractivity contribution in [2.24, 2.45) is 0 Å². The van der Waals surface area contributed by atoms with Gasteiger partial charge < -0.3 is 4.90 Å². The van der Waals surface area contributed by atoms with Crippen LogP contribution in [0.15, 0.2) is 12.3 Å². The summed E-state index contributed by atoms with van der Waals surface area (Å²) in [4.78, 5) is 13.4. The lowest BCUT2D eigenvalue weighted by Gasteiger charge is -2.40. The topological polar surface area (TPSA) is 66.4 Å². The van der Waals surface area contributed by atoms with Crippen LogP contribution in [0.1, 0.15) is 18.5 Å². The number of sulfone groups is 1. The van der Waals surface area contributed by atoms with Gasteiger partial charge in [0.25, 0.3) is 0 Å². The lowest BCUT2D eigenvalue weighted by atomic mass is 10.0. The predicted molar refractivity (Wildman–Crippen MR) is 82.2 cm³/mol. The minimum atomic E-state index is -2.78. The van der Waals surface area contributed by atoms with Crippen molar-refractivity contribution in [1.29, 1.82) is 0 Å². The SMILES string of the molecule is Cc1ccnc(N2CCC(N3CCS(=O)(=O)CC3)CC2)n1. The van der Waals surface area contributed by atoms with E-state index in [1.165, 1.54) is 0 Å². The van der Waals surface area contributed by atoms with Crippen molar-refractivity contribution >= 4 is 15.8 Å². The van der Waals surface area contributed by atoms with Crippen LogP contribution in [-0.2, 0) is 9.84 Å². The fraction of sp³-hybridized carbons (Fsp3) is 0.714. The smallest absolute Gasteiger partial charge is 0.225 e. The summed E-state index contributed by atoms with van der Waals surface area (Å²) in [5, 5.41) is 0. The van der Waals surface area contributed by atoms with Crippen molar-refractivity contribution in [1.82, 2.24) is 14.9 Å². The molecule has 0 N–H and O–H groups in total. The van der Waals surface area contributed by atoms with Gasteiger partial charge in [0.15, 0.2) is 9.84 Å². The fourth-order valence-electron chi connectivity index (χ4n) is 3.11. The van der Waals surface area contributed by atoms with Crippen LogP contribution in [0.4, 0.5) is 5.95 Å². The Balaban J connectivity index is 1.56. The molecule has 1 aromatic rings. The van der Waals surface area contributed by atoms with Gasteiger partial charge in [-0.05, 0) is 25.8 Å². The first kappa shape index (κ1) is 14.7. The average Bonchev–Trinajstić information content (AvgIpc) is 2.47. The Morgan fingerprint density at radius 3 is 2.43 bits per heavy atom. The summed E-state index contributed by atoms with van der Waals surface area (Å²) in [6, 6.07) is 2.41. The van der Waals surface area contributed by atoms with Gasteiger partial charge in [0.05, 0.1) is 11.5 Å². The Bertz CT molecular complexity index is 583. The van der Waals surface area contributed by atoms with Crippen molar-refractivity contribution < 1.29 is 8.42 Å². The van der Waals surface area contributed by atoms with Gasteiger partial charge in [-0.2, -0.15) is 0 Å². The first-order chi connectivity index (χ1) is 10.0. The van der Waals surface area contributed by atoms with Crippen molar-refractivity contribution in [3.63, 3.8) is 0 Å². The number of nitrogens with zero attached hydrogens (tertiary/aromatic N) is 4. The molecule has 0 amide bonds. The molecule has 6 nitrogen and oxygen atoms in total. The normalized spacial score (nSPS) is 24.1. The van der Waals surface area contributed by atoms with E-state index in [9.17, 15) is 8.42 Å². The van der Waals surface area contributed by atoms with E-state index < -0.39 is 9.84 Å². The highest BCUT2D eigenvalue weighted by atomic mass is 32.2. The number of hydrogen-bond acceptors (Lipinski definition) is 6. The second kappa shape index (κ2) is 5.88. The third-order valence-corrected chi connectivity index (χ3v) is 6.03. The van der Waals surface area contributed by atoms with Gasteiger partial charge >= 0.3 is 0 Å². The maximum Gasteiger partial charge on any atom is 0.225 e. The molecular formula is C14H22N4O2S. The first-order valence-electron chi connectivity index (χ1n) is 7.52. The van der Waals surface area contributed by atoms with Crippen molar-refractivity contribution in [2.45, 2.75) is 25.8 Å². The van der Waals surface area contributed by atoms with Gasteiger partial charge in [-0.15, -0.1) is 0 Å². The van der Waals surface area contributed by atoms with E-state index in [0.717, 1.165) is 37.6 Å². The Morgan fingerprint density at radius 2 is 1.81 bits per heavy atom. The lowest BCUT2D eigenvalue weighted by molar-refractivity contribution is 0.182. The van der Waals surface area contributed by atoms with Crippen LogP contribution in [-0.4, -0.2) is 67.0 Å². The highest BCUT2D eigenvalue weighted by Crippen LogP contribution is 2.21. The van der Waals surface area contributed by atoms with Gasteiger partial charge in [0, 0.05) is 44.1 Å². The zero-order chi connectivity index (χ0) is 14.9. The average molecular weight is 310 g/mol. The standard InChI is InChI=1S/C14H22N4O2S/c1-12-2-5-15-14(16-12)18-6-3-13(4-7-18)17-8-10-21(19,20)11-9-17/h2,5,13H,3-4,6-11H2,1H3. The van der Waals surface area contributed by atoms with Gasteiger partial charge in [0.1, 0.15) is 0 Å². The molecule has 0 atom stereocenters.